The molecule has 0 bridgehead atoms. The molecule has 1 aromatic carbocycles. The molecule has 2 aromatic heterocycles. The van der Waals surface area contributed by atoms with Crippen LogP contribution in [-0.4, -0.2) is 25.8 Å². The number of halogens is 1. The van der Waals surface area contributed by atoms with Gasteiger partial charge in [-0.2, -0.15) is 4.98 Å². The summed E-state index contributed by atoms with van der Waals surface area (Å²) in [5.41, 5.74) is 4.43. The first kappa shape index (κ1) is 20.8. The van der Waals surface area contributed by atoms with Gasteiger partial charge in [-0.1, -0.05) is 17.9 Å². The summed E-state index contributed by atoms with van der Waals surface area (Å²) in [6, 6.07) is 2.31. The quantitative estimate of drug-likeness (QED) is 0.331. The number of aromatic hydroxyl groups is 1. The molecule has 0 saturated heterocycles. The molecule has 0 amide bonds. The molecule has 1 aliphatic carbocycles. The van der Waals surface area contributed by atoms with Crippen LogP contribution in [0, 0.1) is 13.8 Å². The summed E-state index contributed by atoms with van der Waals surface area (Å²) in [5.74, 6) is 1.08. The molecule has 1 saturated carbocycles. The molecule has 1 atom stereocenters. The zero-order valence-electron chi connectivity index (χ0n) is 16.6. The van der Waals surface area contributed by atoms with Crippen LogP contribution in [0.25, 0.3) is 16.7 Å². The van der Waals surface area contributed by atoms with Gasteiger partial charge >= 0.3 is 4.34 Å². The van der Waals surface area contributed by atoms with Crippen LogP contribution in [0.15, 0.2) is 26.8 Å². The van der Waals surface area contributed by atoms with E-state index in [9.17, 15) is 9.66 Å². The maximum atomic E-state index is 13.2. The molecular weight excluding hydrogens is 472 g/mol. The van der Waals surface area contributed by atoms with E-state index in [2.05, 4.69) is 32.1 Å². The maximum Gasteiger partial charge on any atom is 0.302 e. The van der Waals surface area contributed by atoms with Crippen LogP contribution in [0.1, 0.15) is 48.3 Å². The molecule has 0 aliphatic heterocycles. The second-order valence-electron chi connectivity index (χ2n) is 7.25. The Morgan fingerprint density at radius 3 is 2.79 bits per heavy atom. The van der Waals surface area contributed by atoms with E-state index in [1.54, 1.807) is 0 Å². The number of hydrogen-bond donors (Lipinski definition) is 1. The first-order valence-electron chi connectivity index (χ1n) is 9.50. The molecule has 0 radical (unpaired) electrons. The standard InChI is InChI=1S/C21H23BrN2O3S2/c1-5-27-13(4)19-17(10-29(26)21-23-11(2)9-28-21)24(14-6-7-14)16-8-15(22)20(25)12(3)18(16)19/h8-9,14,25H,4-7,10H2,1-3H3. The highest BCUT2D eigenvalue weighted by molar-refractivity contribution is 9.10. The van der Waals surface area contributed by atoms with Crippen molar-refractivity contribution < 1.29 is 14.4 Å². The van der Waals surface area contributed by atoms with Gasteiger partial charge in [0.15, 0.2) is 5.75 Å². The predicted molar refractivity (Wildman–Crippen MR) is 122 cm³/mol. The van der Waals surface area contributed by atoms with Crippen LogP contribution < -0.4 is 0 Å². The zero-order chi connectivity index (χ0) is 20.9. The van der Waals surface area contributed by atoms with E-state index in [0.717, 1.165) is 46.3 Å². The van der Waals surface area contributed by atoms with Crippen LogP contribution >= 0.6 is 27.3 Å². The Morgan fingerprint density at radius 1 is 1.48 bits per heavy atom. The molecular formula is C21H23BrN2O3S2. The second-order valence-corrected chi connectivity index (χ2v) is 10.6. The fourth-order valence-corrected chi connectivity index (χ4v) is 6.41. The number of hydrogen-bond acceptors (Lipinski definition) is 5. The van der Waals surface area contributed by atoms with Crippen molar-refractivity contribution in [3.8, 4) is 5.75 Å². The van der Waals surface area contributed by atoms with Crippen molar-refractivity contribution in [2.24, 2.45) is 0 Å². The minimum absolute atomic E-state index is 0.208. The number of fused-ring (bicyclic) bond motifs is 1. The van der Waals surface area contributed by atoms with Crippen molar-refractivity contribution in [1.82, 2.24) is 9.55 Å². The minimum Gasteiger partial charge on any atom is -0.609 e. The molecule has 4 rings (SSSR count). The minimum atomic E-state index is -1.27. The van der Waals surface area contributed by atoms with E-state index < -0.39 is 11.2 Å². The van der Waals surface area contributed by atoms with Gasteiger partial charge in [0.05, 0.1) is 33.5 Å². The van der Waals surface area contributed by atoms with Gasteiger partial charge in [-0.05, 0) is 55.6 Å². The maximum absolute atomic E-state index is 13.2. The molecule has 1 fully saturated rings. The zero-order valence-corrected chi connectivity index (χ0v) is 19.8. The van der Waals surface area contributed by atoms with Crippen molar-refractivity contribution in [3.05, 3.63) is 45.0 Å². The fraction of sp³-hybridized carbons (Fsp3) is 0.381. The average Bonchev–Trinajstić information content (AvgIpc) is 3.33. The number of phenolic OH excluding ortho intramolecular Hbond substituents is 1. The van der Waals surface area contributed by atoms with Crippen molar-refractivity contribution in [1.29, 1.82) is 0 Å². The molecule has 2 heterocycles. The van der Waals surface area contributed by atoms with Crippen molar-refractivity contribution in [2.75, 3.05) is 6.61 Å². The van der Waals surface area contributed by atoms with E-state index in [1.807, 2.05) is 32.2 Å². The number of benzene rings is 1. The van der Waals surface area contributed by atoms with Gasteiger partial charge in [-0.25, -0.2) is 0 Å². The lowest BCUT2D eigenvalue weighted by Gasteiger charge is -2.14. The largest absolute Gasteiger partial charge is 0.609 e. The monoisotopic (exact) mass is 494 g/mol. The molecule has 3 aromatic rings. The fourth-order valence-electron chi connectivity index (χ4n) is 3.73. The van der Waals surface area contributed by atoms with Crippen LogP contribution in [0.3, 0.4) is 0 Å². The molecule has 5 nitrogen and oxygen atoms in total. The molecule has 29 heavy (non-hydrogen) atoms. The number of ether oxygens (including phenoxy) is 1. The van der Waals surface area contributed by atoms with Crippen LogP contribution in [0.2, 0.25) is 0 Å². The Balaban J connectivity index is 1.95. The highest BCUT2D eigenvalue weighted by atomic mass is 79.9. The third-order valence-corrected chi connectivity index (χ3v) is 8.35. The number of rotatable bonds is 7. The highest BCUT2D eigenvalue weighted by Crippen LogP contribution is 2.47. The molecule has 1 N–H and O–H groups in total. The van der Waals surface area contributed by atoms with Gasteiger partial charge in [0, 0.05) is 33.5 Å². The van der Waals surface area contributed by atoms with E-state index in [1.165, 1.54) is 11.3 Å². The Hall–Kier alpha value is -1.48. The topological polar surface area (TPSA) is 70.3 Å². The Labute approximate surface area is 185 Å². The average molecular weight is 495 g/mol. The summed E-state index contributed by atoms with van der Waals surface area (Å²) in [7, 11) is 0. The summed E-state index contributed by atoms with van der Waals surface area (Å²) in [4.78, 5) is 4.42. The first-order chi connectivity index (χ1) is 13.8. The van der Waals surface area contributed by atoms with E-state index in [4.69, 9.17) is 4.74 Å². The number of aromatic nitrogens is 2. The summed E-state index contributed by atoms with van der Waals surface area (Å²) >= 11 is 3.63. The summed E-state index contributed by atoms with van der Waals surface area (Å²) in [6.07, 6.45) is 2.16. The lowest BCUT2D eigenvalue weighted by Crippen LogP contribution is -2.11. The van der Waals surface area contributed by atoms with Gasteiger partial charge in [-0.15, -0.1) is 0 Å². The van der Waals surface area contributed by atoms with Crippen molar-refractivity contribution >= 4 is 55.1 Å². The molecule has 154 valence electrons. The third kappa shape index (κ3) is 3.71. The van der Waals surface area contributed by atoms with E-state index >= 15 is 0 Å². The van der Waals surface area contributed by atoms with E-state index in [0.29, 0.717) is 33.0 Å². The number of phenols is 1. The van der Waals surface area contributed by atoms with Crippen LogP contribution in [-0.2, 0) is 21.7 Å². The van der Waals surface area contributed by atoms with Gasteiger partial charge in [0.25, 0.3) is 0 Å². The van der Waals surface area contributed by atoms with Gasteiger partial charge < -0.3 is 19.0 Å². The summed E-state index contributed by atoms with van der Waals surface area (Å²) in [6.45, 7) is 10.4. The van der Waals surface area contributed by atoms with Crippen molar-refractivity contribution in [2.45, 2.75) is 49.7 Å². The molecule has 1 unspecified atom stereocenters. The van der Waals surface area contributed by atoms with Gasteiger partial charge in [0.2, 0.25) is 0 Å². The molecule has 0 spiro atoms. The second kappa shape index (κ2) is 7.98. The van der Waals surface area contributed by atoms with E-state index in [-0.39, 0.29) is 5.75 Å². The normalized spacial score (nSPS) is 15.1. The number of nitrogens with zero attached hydrogens (tertiary/aromatic N) is 2. The molecule has 1 aliphatic rings. The Morgan fingerprint density at radius 2 is 2.21 bits per heavy atom. The summed E-state index contributed by atoms with van der Waals surface area (Å²) in [5, 5.41) is 13.4. The van der Waals surface area contributed by atoms with Crippen LogP contribution in [0.4, 0.5) is 0 Å². The number of thiazole rings is 1. The van der Waals surface area contributed by atoms with Gasteiger partial charge in [-0.3, -0.25) is 0 Å². The first-order valence-corrected chi connectivity index (χ1v) is 12.5. The molecule has 8 heteroatoms. The third-order valence-electron chi connectivity index (χ3n) is 5.13. The Kier molecular flexibility index (Phi) is 5.72. The van der Waals surface area contributed by atoms with Gasteiger partial charge in [0.1, 0.15) is 11.5 Å². The van der Waals surface area contributed by atoms with Crippen molar-refractivity contribution in [3.63, 3.8) is 0 Å². The number of aryl methyl sites for hydroxylation is 2. The highest BCUT2D eigenvalue weighted by Gasteiger charge is 2.34. The lowest BCUT2D eigenvalue weighted by molar-refractivity contribution is 0.299. The smallest absolute Gasteiger partial charge is 0.302 e. The SMILES string of the molecule is C=C(OCC)c1c(C[S+]([O-])c2nc(C)cs2)n(C2CC2)c2cc(Br)c(O)c(C)c12. The Bertz CT molecular complexity index is 1100. The predicted octanol–water partition coefficient (Wildman–Crippen LogP) is 5.83. The van der Waals surface area contributed by atoms with Crippen LogP contribution in [0.5, 0.6) is 5.75 Å². The summed E-state index contributed by atoms with van der Waals surface area (Å²) < 4.78 is 22.5. The lowest BCUT2D eigenvalue weighted by atomic mass is 10.0.